The van der Waals surface area contributed by atoms with Crippen molar-refractivity contribution in [3.8, 4) is 0 Å². The molecule has 2 nitrogen and oxygen atoms in total. The van der Waals surface area contributed by atoms with Crippen molar-refractivity contribution in [3.63, 3.8) is 0 Å². The Bertz CT molecular complexity index is 374. The quantitative estimate of drug-likeness (QED) is 0.870. The maximum atomic E-state index is 13.0. The Labute approximate surface area is 102 Å². The van der Waals surface area contributed by atoms with E-state index in [-0.39, 0.29) is 5.82 Å². The molecule has 1 N–H and O–H groups in total. The van der Waals surface area contributed by atoms with E-state index in [1.165, 1.54) is 6.07 Å². The van der Waals surface area contributed by atoms with E-state index in [9.17, 15) is 9.50 Å². The molecule has 1 saturated carbocycles. The second kappa shape index (κ2) is 5.15. The van der Waals surface area contributed by atoms with Gasteiger partial charge in [-0.15, -0.1) is 0 Å². The predicted molar refractivity (Wildman–Crippen MR) is 66.2 cm³/mol. The van der Waals surface area contributed by atoms with Gasteiger partial charge in [-0.05, 0) is 37.6 Å². The molecular weight excluding hydrogens is 217 g/mol. The van der Waals surface area contributed by atoms with Crippen LogP contribution in [0.4, 0.5) is 4.39 Å². The Kier molecular flexibility index (Phi) is 3.79. The van der Waals surface area contributed by atoms with E-state index >= 15 is 0 Å². The highest BCUT2D eigenvalue weighted by Crippen LogP contribution is 2.30. The van der Waals surface area contributed by atoms with E-state index < -0.39 is 5.60 Å². The van der Waals surface area contributed by atoms with Crippen molar-refractivity contribution in [1.29, 1.82) is 0 Å². The summed E-state index contributed by atoms with van der Waals surface area (Å²) in [4.78, 5) is 2.07. The summed E-state index contributed by atoms with van der Waals surface area (Å²) in [5.74, 6) is -0.199. The Morgan fingerprint density at radius 1 is 1.35 bits per heavy atom. The van der Waals surface area contributed by atoms with Gasteiger partial charge in [0.15, 0.2) is 0 Å². The summed E-state index contributed by atoms with van der Waals surface area (Å²) in [6.45, 7) is 1.35. The topological polar surface area (TPSA) is 23.5 Å². The van der Waals surface area contributed by atoms with Crippen molar-refractivity contribution >= 4 is 0 Å². The van der Waals surface area contributed by atoms with Crippen LogP contribution in [0.3, 0.4) is 0 Å². The molecule has 1 aromatic rings. The molecule has 0 unspecified atom stereocenters. The molecule has 0 heterocycles. The van der Waals surface area contributed by atoms with E-state index in [0.717, 1.165) is 31.2 Å². The SMILES string of the molecule is CN(Cc1cccc(F)c1)CC1(O)CCCC1. The van der Waals surface area contributed by atoms with Gasteiger partial charge in [0, 0.05) is 13.1 Å². The summed E-state index contributed by atoms with van der Waals surface area (Å²) in [6.07, 6.45) is 4.01. The minimum absolute atomic E-state index is 0.199. The molecule has 1 aliphatic rings. The van der Waals surface area contributed by atoms with Gasteiger partial charge in [-0.1, -0.05) is 25.0 Å². The molecule has 0 aliphatic heterocycles. The first-order valence-electron chi connectivity index (χ1n) is 6.23. The number of benzene rings is 1. The zero-order valence-corrected chi connectivity index (χ0v) is 10.3. The van der Waals surface area contributed by atoms with Gasteiger partial charge >= 0.3 is 0 Å². The molecule has 2 rings (SSSR count). The highest BCUT2D eigenvalue weighted by Gasteiger charge is 2.31. The maximum Gasteiger partial charge on any atom is 0.123 e. The zero-order valence-electron chi connectivity index (χ0n) is 10.3. The summed E-state index contributed by atoms with van der Waals surface area (Å²) in [7, 11) is 1.97. The summed E-state index contributed by atoms with van der Waals surface area (Å²) < 4.78 is 13.0. The monoisotopic (exact) mass is 237 g/mol. The molecule has 0 spiro atoms. The molecule has 0 amide bonds. The average Bonchev–Trinajstić information content (AvgIpc) is 2.64. The molecule has 17 heavy (non-hydrogen) atoms. The van der Waals surface area contributed by atoms with Crippen molar-refractivity contribution in [2.24, 2.45) is 0 Å². The molecule has 94 valence electrons. The molecule has 0 radical (unpaired) electrons. The fraction of sp³-hybridized carbons (Fsp3) is 0.571. The number of nitrogens with zero attached hydrogens (tertiary/aromatic N) is 1. The normalized spacial score (nSPS) is 18.8. The number of likely N-dealkylation sites (N-methyl/N-ethyl adjacent to an activating group) is 1. The molecule has 0 saturated heterocycles. The molecule has 1 fully saturated rings. The smallest absolute Gasteiger partial charge is 0.123 e. The number of rotatable bonds is 4. The minimum atomic E-state index is -0.526. The van der Waals surface area contributed by atoms with Crippen LogP contribution >= 0.6 is 0 Å². The highest BCUT2D eigenvalue weighted by atomic mass is 19.1. The molecule has 0 bridgehead atoms. The van der Waals surface area contributed by atoms with Gasteiger partial charge in [-0.2, -0.15) is 0 Å². The first kappa shape index (κ1) is 12.5. The summed E-state index contributed by atoms with van der Waals surface area (Å²) >= 11 is 0. The summed E-state index contributed by atoms with van der Waals surface area (Å²) in [5.41, 5.74) is 0.427. The number of halogens is 1. The summed E-state index contributed by atoms with van der Waals surface area (Å²) in [5, 5.41) is 10.3. The number of hydrogen-bond acceptors (Lipinski definition) is 2. The fourth-order valence-corrected chi connectivity index (χ4v) is 2.70. The Morgan fingerprint density at radius 3 is 2.71 bits per heavy atom. The maximum absolute atomic E-state index is 13.0. The van der Waals surface area contributed by atoms with Crippen molar-refractivity contribution in [2.75, 3.05) is 13.6 Å². The predicted octanol–water partition coefficient (Wildman–Crippen LogP) is 2.56. The lowest BCUT2D eigenvalue weighted by Crippen LogP contribution is -2.38. The van der Waals surface area contributed by atoms with Crippen LogP contribution in [-0.2, 0) is 6.54 Å². The zero-order chi connectivity index (χ0) is 12.3. The van der Waals surface area contributed by atoms with Crippen molar-refractivity contribution in [3.05, 3.63) is 35.6 Å². The lowest BCUT2D eigenvalue weighted by atomic mass is 10.0. The van der Waals surface area contributed by atoms with Crippen LogP contribution in [0.25, 0.3) is 0 Å². The van der Waals surface area contributed by atoms with E-state index in [0.29, 0.717) is 13.1 Å². The number of hydrogen-bond donors (Lipinski definition) is 1. The van der Waals surface area contributed by atoms with Crippen LogP contribution in [0, 0.1) is 5.82 Å². The van der Waals surface area contributed by atoms with E-state index in [1.54, 1.807) is 12.1 Å². The molecular formula is C14H20FNO. The van der Waals surface area contributed by atoms with E-state index in [4.69, 9.17) is 0 Å². The third-order valence-electron chi connectivity index (χ3n) is 3.44. The first-order valence-corrected chi connectivity index (χ1v) is 6.23. The lowest BCUT2D eigenvalue weighted by Gasteiger charge is -2.28. The van der Waals surface area contributed by atoms with Gasteiger partial charge in [0.2, 0.25) is 0 Å². The second-order valence-electron chi connectivity index (χ2n) is 5.23. The third kappa shape index (κ3) is 3.51. The first-order chi connectivity index (χ1) is 8.07. The van der Waals surface area contributed by atoms with Gasteiger partial charge in [0.25, 0.3) is 0 Å². The highest BCUT2D eigenvalue weighted by molar-refractivity contribution is 5.16. The Morgan fingerprint density at radius 2 is 2.06 bits per heavy atom. The van der Waals surface area contributed by atoms with Crippen molar-refractivity contribution in [2.45, 2.75) is 37.8 Å². The molecule has 0 atom stereocenters. The fourth-order valence-electron chi connectivity index (χ4n) is 2.70. The van der Waals surface area contributed by atoms with Gasteiger partial charge in [0.05, 0.1) is 5.60 Å². The second-order valence-corrected chi connectivity index (χ2v) is 5.23. The van der Waals surface area contributed by atoms with Crippen LogP contribution in [0.1, 0.15) is 31.2 Å². The minimum Gasteiger partial charge on any atom is -0.389 e. The van der Waals surface area contributed by atoms with Gasteiger partial charge in [-0.3, -0.25) is 4.90 Å². The van der Waals surface area contributed by atoms with Gasteiger partial charge < -0.3 is 5.11 Å². The standard InChI is InChI=1S/C14H20FNO/c1-16(11-14(17)7-2-3-8-14)10-12-5-4-6-13(15)9-12/h4-6,9,17H,2-3,7-8,10-11H2,1H3. The molecule has 1 aliphatic carbocycles. The van der Waals surface area contributed by atoms with E-state index in [1.807, 2.05) is 13.1 Å². The van der Waals surface area contributed by atoms with Gasteiger partial charge in [0.1, 0.15) is 5.82 Å². The third-order valence-corrected chi connectivity index (χ3v) is 3.44. The van der Waals surface area contributed by atoms with Crippen LogP contribution < -0.4 is 0 Å². The lowest BCUT2D eigenvalue weighted by molar-refractivity contribution is 0.0145. The van der Waals surface area contributed by atoms with Crippen LogP contribution in [0.5, 0.6) is 0 Å². The molecule has 1 aromatic carbocycles. The average molecular weight is 237 g/mol. The Balaban J connectivity index is 1.90. The Hall–Kier alpha value is -0.930. The van der Waals surface area contributed by atoms with Crippen molar-refractivity contribution < 1.29 is 9.50 Å². The largest absolute Gasteiger partial charge is 0.389 e. The summed E-state index contributed by atoms with van der Waals surface area (Å²) in [6, 6.07) is 6.64. The van der Waals surface area contributed by atoms with Crippen LogP contribution in [0.2, 0.25) is 0 Å². The van der Waals surface area contributed by atoms with E-state index in [2.05, 4.69) is 4.90 Å². The van der Waals surface area contributed by atoms with Crippen molar-refractivity contribution in [1.82, 2.24) is 4.90 Å². The molecule has 3 heteroatoms. The van der Waals surface area contributed by atoms with Crippen LogP contribution in [-0.4, -0.2) is 29.2 Å². The van der Waals surface area contributed by atoms with Gasteiger partial charge in [-0.25, -0.2) is 4.39 Å². The number of aliphatic hydroxyl groups is 1. The van der Waals surface area contributed by atoms with Crippen LogP contribution in [0.15, 0.2) is 24.3 Å². The molecule has 0 aromatic heterocycles.